The molecule has 1 aromatic heterocycles. The molecule has 0 unspecified atom stereocenters. The van der Waals surface area contributed by atoms with E-state index in [1.807, 2.05) is 31.2 Å². The zero-order valence-electron chi connectivity index (χ0n) is 12.9. The van der Waals surface area contributed by atoms with Crippen molar-refractivity contribution in [1.29, 1.82) is 0 Å². The molecule has 0 radical (unpaired) electrons. The van der Waals surface area contributed by atoms with Gasteiger partial charge in [0.2, 0.25) is 0 Å². The Kier molecular flexibility index (Phi) is 5.69. The molecule has 0 aliphatic rings. The summed E-state index contributed by atoms with van der Waals surface area (Å²) < 4.78 is 16.7. The topological polar surface area (TPSA) is 43.6 Å². The van der Waals surface area contributed by atoms with Crippen LogP contribution in [-0.2, 0) is 13.2 Å². The van der Waals surface area contributed by atoms with Gasteiger partial charge in [-0.05, 0) is 43.7 Å². The van der Waals surface area contributed by atoms with E-state index in [1.54, 1.807) is 13.4 Å². The van der Waals surface area contributed by atoms with Gasteiger partial charge in [-0.15, -0.1) is 0 Å². The third-order valence-electron chi connectivity index (χ3n) is 3.25. The molecule has 1 heterocycles. The van der Waals surface area contributed by atoms with E-state index < -0.39 is 0 Å². The summed E-state index contributed by atoms with van der Waals surface area (Å²) in [6, 6.07) is 7.86. The smallest absolute Gasteiger partial charge is 0.161 e. The summed E-state index contributed by atoms with van der Waals surface area (Å²) in [4.78, 5) is 0. The average molecular weight is 289 g/mol. The van der Waals surface area contributed by atoms with Crippen molar-refractivity contribution in [2.45, 2.75) is 33.4 Å². The van der Waals surface area contributed by atoms with Crippen LogP contribution in [0.25, 0.3) is 0 Å². The molecule has 0 bridgehead atoms. The van der Waals surface area contributed by atoms with E-state index in [4.69, 9.17) is 13.9 Å². The first-order chi connectivity index (χ1) is 10.2. The maximum Gasteiger partial charge on any atom is 0.161 e. The molecule has 1 aromatic carbocycles. The quantitative estimate of drug-likeness (QED) is 0.753. The monoisotopic (exact) mass is 289 g/mol. The van der Waals surface area contributed by atoms with E-state index in [9.17, 15) is 0 Å². The maximum absolute atomic E-state index is 5.86. The van der Waals surface area contributed by atoms with E-state index in [0.717, 1.165) is 47.9 Å². The second-order valence-corrected chi connectivity index (χ2v) is 4.99. The molecule has 0 fully saturated rings. The van der Waals surface area contributed by atoms with Gasteiger partial charge >= 0.3 is 0 Å². The van der Waals surface area contributed by atoms with Crippen molar-refractivity contribution in [3.63, 3.8) is 0 Å². The first-order valence-corrected chi connectivity index (χ1v) is 7.28. The second-order valence-electron chi connectivity index (χ2n) is 4.99. The Labute approximate surface area is 126 Å². The number of hydrogen-bond acceptors (Lipinski definition) is 4. The molecule has 21 heavy (non-hydrogen) atoms. The molecule has 0 saturated carbocycles. The van der Waals surface area contributed by atoms with Gasteiger partial charge < -0.3 is 19.2 Å². The van der Waals surface area contributed by atoms with Crippen molar-refractivity contribution in [1.82, 2.24) is 5.32 Å². The van der Waals surface area contributed by atoms with Gasteiger partial charge in [0.25, 0.3) is 0 Å². The predicted molar refractivity (Wildman–Crippen MR) is 82.8 cm³/mol. The summed E-state index contributed by atoms with van der Waals surface area (Å²) in [5.41, 5.74) is 2.20. The molecule has 2 rings (SSSR count). The SMILES string of the molecule is CCCNCc1occc1COc1ccc(C)cc1OC. The Bertz CT molecular complexity index is 563. The Balaban J connectivity index is 1.98. The summed E-state index contributed by atoms with van der Waals surface area (Å²) in [6.45, 7) is 6.35. The lowest BCUT2D eigenvalue weighted by molar-refractivity contribution is 0.281. The average Bonchev–Trinajstić information content (AvgIpc) is 2.93. The molecule has 4 heteroatoms. The Hall–Kier alpha value is -1.94. The van der Waals surface area contributed by atoms with Crippen molar-refractivity contribution in [3.8, 4) is 11.5 Å². The molecule has 1 N–H and O–H groups in total. The van der Waals surface area contributed by atoms with Crippen LogP contribution in [0.2, 0.25) is 0 Å². The highest BCUT2D eigenvalue weighted by Crippen LogP contribution is 2.28. The summed E-state index contributed by atoms with van der Waals surface area (Å²) in [5.74, 6) is 2.43. The van der Waals surface area contributed by atoms with Crippen LogP contribution in [-0.4, -0.2) is 13.7 Å². The fraction of sp³-hybridized carbons (Fsp3) is 0.412. The first-order valence-electron chi connectivity index (χ1n) is 7.28. The van der Waals surface area contributed by atoms with Crippen molar-refractivity contribution in [2.75, 3.05) is 13.7 Å². The van der Waals surface area contributed by atoms with Crippen LogP contribution in [0.3, 0.4) is 0 Å². The van der Waals surface area contributed by atoms with E-state index in [1.165, 1.54) is 0 Å². The van der Waals surface area contributed by atoms with Crippen LogP contribution in [0.1, 0.15) is 30.2 Å². The number of hydrogen-bond donors (Lipinski definition) is 1. The minimum Gasteiger partial charge on any atom is -0.493 e. The van der Waals surface area contributed by atoms with Gasteiger partial charge in [-0.1, -0.05) is 13.0 Å². The van der Waals surface area contributed by atoms with E-state index >= 15 is 0 Å². The summed E-state index contributed by atoms with van der Waals surface area (Å²) >= 11 is 0. The lowest BCUT2D eigenvalue weighted by Gasteiger charge is -2.11. The summed E-state index contributed by atoms with van der Waals surface area (Å²) in [6.07, 6.45) is 2.81. The van der Waals surface area contributed by atoms with E-state index in [0.29, 0.717) is 6.61 Å². The first kappa shape index (κ1) is 15.4. The summed E-state index contributed by atoms with van der Waals surface area (Å²) in [5, 5.41) is 3.33. The normalized spacial score (nSPS) is 10.6. The third kappa shape index (κ3) is 4.26. The van der Waals surface area contributed by atoms with Crippen LogP contribution in [0.5, 0.6) is 11.5 Å². The number of ether oxygens (including phenoxy) is 2. The Morgan fingerprint density at radius 3 is 2.81 bits per heavy atom. The van der Waals surface area contributed by atoms with Gasteiger partial charge in [0.05, 0.1) is 19.9 Å². The molecule has 0 aliphatic carbocycles. The van der Waals surface area contributed by atoms with Crippen LogP contribution in [0.15, 0.2) is 34.9 Å². The largest absolute Gasteiger partial charge is 0.493 e. The highest BCUT2D eigenvalue weighted by atomic mass is 16.5. The van der Waals surface area contributed by atoms with Crippen LogP contribution >= 0.6 is 0 Å². The third-order valence-corrected chi connectivity index (χ3v) is 3.25. The standard InChI is InChI=1S/C17H23NO3/c1-4-8-18-11-17-14(7-9-20-17)12-21-15-6-5-13(2)10-16(15)19-3/h5-7,9-10,18H,4,8,11-12H2,1-3H3. The molecule has 0 spiro atoms. The number of nitrogens with one attached hydrogen (secondary N) is 1. The maximum atomic E-state index is 5.86. The number of furan rings is 1. The molecule has 0 atom stereocenters. The van der Waals surface area contributed by atoms with Gasteiger partial charge in [0, 0.05) is 5.56 Å². The zero-order valence-corrected chi connectivity index (χ0v) is 12.9. The molecule has 2 aromatic rings. The van der Waals surface area contributed by atoms with Gasteiger partial charge in [0.1, 0.15) is 12.4 Å². The molecule has 0 amide bonds. The van der Waals surface area contributed by atoms with Crippen molar-refractivity contribution >= 4 is 0 Å². The zero-order chi connectivity index (χ0) is 15.1. The number of benzene rings is 1. The van der Waals surface area contributed by atoms with Crippen LogP contribution in [0.4, 0.5) is 0 Å². The fourth-order valence-electron chi connectivity index (χ4n) is 2.08. The number of methoxy groups -OCH3 is 1. The lowest BCUT2D eigenvalue weighted by atomic mass is 10.2. The molecular weight excluding hydrogens is 266 g/mol. The highest BCUT2D eigenvalue weighted by Gasteiger charge is 2.09. The minimum absolute atomic E-state index is 0.471. The molecule has 4 nitrogen and oxygen atoms in total. The highest BCUT2D eigenvalue weighted by molar-refractivity contribution is 5.42. The van der Waals surface area contributed by atoms with Gasteiger partial charge in [-0.25, -0.2) is 0 Å². The van der Waals surface area contributed by atoms with Gasteiger partial charge in [0.15, 0.2) is 11.5 Å². The Morgan fingerprint density at radius 2 is 2.05 bits per heavy atom. The van der Waals surface area contributed by atoms with Crippen LogP contribution in [0, 0.1) is 6.92 Å². The molecule has 0 saturated heterocycles. The second kappa shape index (κ2) is 7.74. The fourth-order valence-corrected chi connectivity index (χ4v) is 2.08. The van der Waals surface area contributed by atoms with Crippen molar-refractivity contribution in [2.24, 2.45) is 0 Å². The van der Waals surface area contributed by atoms with Gasteiger partial charge in [-0.3, -0.25) is 0 Å². The molecule has 0 aliphatic heterocycles. The van der Waals surface area contributed by atoms with Crippen molar-refractivity contribution in [3.05, 3.63) is 47.4 Å². The summed E-state index contributed by atoms with van der Waals surface area (Å²) in [7, 11) is 1.65. The predicted octanol–water partition coefficient (Wildman–Crippen LogP) is 3.68. The van der Waals surface area contributed by atoms with Crippen LogP contribution < -0.4 is 14.8 Å². The molecule has 114 valence electrons. The van der Waals surface area contributed by atoms with Gasteiger partial charge in [-0.2, -0.15) is 0 Å². The van der Waals surface area contributed by atoms with E-state index in [-0.39, 0.29) is 0 Å². The number of aryl methyl sites for hydroxylation is 1. The lowest BCUT2D eigenvalue weighted by Crippen LogP contribution is -2.14. The number of rotatable bonds is 8. The minimum atomic E-state index is 0.471. The Morgan fingerprint density at radius 1 is 1.19 bits per heavy atom. The molecular formula is C17H23NO3. The van der Waals surface area contributed by atoms with E-state index in [2.05, 4.69) is 12.2 Å². The van der Waals surface area contributed by atoms with Crippen molar-refractivity contribution < 1.29 is 13.9 Å².